The molecule has 0 N–H and O–H groups in total. The molecule has 0 saturated carbocycles. The predicted octanol–water partition coefficient (Wildman–Crippen LogP) is 7.86. The fourth-order valence-corrected chi connectivity index (χ4v) is 5.63. The standard InChI is InChI=1S/C27H34/c1-6-26(27(3,4)5)20-12-10-19(11-13-20)22-8-7-9-23-24(22)15-14-21-16-18(2)17-25(21)23/h10-17,22,25-26H,6-9H2,1-5H3/t22?,25?,26-/m0/s1. The number of fused-ring (bicyclic) bond motifs is 2. The van der Waals surface area contributed by atoms with E-state index in [9.17, 15) is 0 Å². The fraction of sp³-hybridized carbons (Fsp3) is 0.481. The zero-order valence-electron chi connectivity index (χ0n) is 17.7. The van der Waals surface area contributed by atoms with Crippen LogP contribution in [0.15, 0.2) is 70.9 Å². The molecule has 27 heavy (non-hydrogen) atoms. The molecule has 1 aromatic rings. The van der Waals surface area contributed by atoms with Crippen LogP contribution < -0.4 is 0 Å². The van der Waals surface area contributed by atoms with Crippen molar-refractivity contribution in [1.82, 2.24) is 0 Å². The molecule has 2 unspecified atom stereocenters. The second-order valence-corrected chi connectivity index (χ2v) is 9.78. The summed E-state index contributed by atoms with van der Waals surface area (Å²) in [5, 5.41) is 0. The van der Waals surface area contributed by atoms with Crippen molar-refractivity contribution in [3.05, 3.63) is 82.0 Å². The van der Waals surface area contributed by atoms with Gasteiger partial charge in [0, 0.05) is 11.8 Å². The number of benzene rings is 1. The van der Waals surface area contributed by atoms with Crippen LogP contribution in [-0.2, 0) is 0 Å². The van der Waals surface area contributed by atoms with Crippen LogP contribution in [0.5, 0.6) is 0 Å². The van der Waals surface area contributed by atoms with E-state index < -0.39 is 0 Å². The van der Waals surface area contributed by atoms with Crippen LogP contribution in [0.4, 0.5) is 0 Å². The third-order valence-corrected chi connectivity index (χ3v) is 6.89. The van der Waals surface area contributed by atoms with Gasteiger partial charge in [-0.25, -0.2) is 0 Å². The van der Waals surface area contributed by atoms with Gasteiger partial charge in [0.1, 0.15) is 0 Å². The molecule has 0 nitrogen and oxygen atoms in total. The Kier molecular flexibility index (Phi) is 4.78. The summed E-state index contributed by atoms with van der Waals surface area (Å²) in [4.78, 5) is 0. The Morgan fingerprint density at radius 1 is 1.07 bits per heavy atom. The van der Waals surface area contributed by atoms with Crippen LogP contribution in [0, 0.1) is 11.3 Å². The number of rotatable bonds is 3. The molecule has 0 spiro atoms. The summed E-state index contributed by atoms with van der Waals surface area (Å²) in [6.45, 7) is 11.6. The van der Waals surface area contributed by atoms with Gasteiger partial charge in [0.15, 0.2) is 0 Å². The lowest BCUT2D eigenvalue weighted by molar-refractivity contribution is 0.312. The fourth-order valence-electron chi connectivity index (χ4n) is 5.63. The number of allylic oxidation sites excluding steroid dienone is 8. The first kappa shape index (κ1) is 18.5. The van der Waals surface area contributed by atoms with Gasteiger partial charge >= 0.3 is 0 Å². The lowest BCUT2D eigenvalue weighted by atomic mass is 9.71. The molecule has 0 bridgehead atoms. The monoisotopic (exact) mass is 358 g/mol. The highest BCUT2D eigenvalue weighted by Gasteiger charge is 2.32. The van der Waals surface area contributed by atoms with Gasteiger partial charge < -0.3 is 0 Å². The summed E-state index contributed by atoms with van der Waals surface area (Å²) in [6, 6.07) is 9.64. The summed E-state index contributed by atoms with van der Waals surface area (Å²) in [7, 11) is 0. The molecule has 142 valence electrons. The number of hydrogen-bond donors (Lipinski definition) is 0. The van der Waals surface area contributed by atoms with Gasteiger partial charge in [0.05, 0.1) is 0 Å². The van der Waals surface area contributed by atoms with Crippen molar-refractivity contribution < 1.29 is 0 Å². The Bertz CT molecular complexity index is 833. The van der Waals surface area contributed by atoms with E-state index in [-0.39, 0.29) is 0 Å². The zero-order valence-corrected chi connectivity index (χ0v) is 17.7. The van der Waals surface area contributed by atoms with Crippen LogP contribution in [0.3, 0.4) is 0 Å². The number of hydrogen-bond acceptors (Lipinski definition) is 0. The summed E-state index contributed by atoms with van der Waals surface area (Å²) in [6.07, 6.45) is 14.7. The minimum absolute atomic E-state index is 0.318. The summed E-state index contributed by atoms with van der Waals surface area (Å²) in [5.41, 5.74) is 9.53. The molecule has 3 aliphatic rings. The molecule has 0 amide bonds. The maximum absolute atomic E-state index is 2.47. The Labute approximate surface area is 165 Å². The molecule has 0 saturated heterocycles. The van der Waals surface area contributed by atoms with Gasteiger partial charge in [-0.1, -0.05) is 87.4 Å². The molecule has 3 aliphatic carbocycles. The first-order valence-electron chi connectivity index (χ1n) is 10.8. The van der Waals surface area contributed by atoms with Crippen LogP contribution in [-0.4, -0.2) is 0 Å². The maximum atomic E-state index is 2.47. The zero-order chi connectivity index (χ0) is 19.2. The smallest absolute Gasteiger partial charge is 0.0240 e. The molecular weight excluding hydrogens is 324 g/mol. The van der Waals surface area contributed by atoms with Crippen molar-refractivity contribution in [3.63, 3.8) is 0 Å². The van der Waals surface area contributed by atoms with E-state index in [0.29, 0.717) is 23.2 Å². The summed E-state index contributed by atoms with van der Waals surface area (Å²) < 4.78 is 0. The molecule has 0 heteroatoms. The molecular formula is C27H34. The minimum atomic E-state index is 0.318. The van der Waals surface area contributed by atoms with E-state index in [1.54, 1.807) is 11.1 Å². The van der Waals surface area contributed by atoms with Gasteiger partial charge in [-0.2, -0.15) is 0 Å². The normalized spacial score (nSPS) is 25.7. The van der Waals surface area contributed by atoms with Crippen molar-refractivity contribution in [2.24, 2.45) is 11.3 Å². The van der Waals surface area contributed by atoms with Gasteiger partial charge in [-0.3, -0.25) is 0 Å². The van der Waals surface area contributed by atoms with Crippen molar-refractivity contribution in [3.8, 4) is 0 Å². The van der Waals surface area contributed by atoms with Crippen molar-refractivity contribution >= 4 is 0 Å². The molecule has 1 aromatic carbocycles. The molecule has 4 rings (SSSR count). The van der Waals surface area contributed by atoms with E-state index >= 15 is 0 Å². The molecule has 0 heterocycles. The predicted molar refractivity (Wildman–Crippen MR) is 117 cm³/mol. The van der Waals surface area contributed by atoms with Gasteiger partial charge in [-0.15, -0.1) is 0 Å². The van der Waals surface area contributed by atoms with Crippen LogP contribution >= 0.6 is 0 Å². The Morgan fingerprint density at radius 2 is 1.81 bits per heavy atom. The van der Waals surface area contributed by atoms with Gasteiger partial charge in [0.25, 0.3) is 0 Å². The van der Waals surface area contributed by atoms with Crippen LogP contribution in [0.2, 0.25) is 0 Å². The van der Waals surface area contributed by atoms with Crippen molar-refractivity contribution in [1.29, 1.82) is 0 Å². The van der Waals surface area contributed by atoms with Crippen molar-refractivity contribution in [2.45, 2.75) is 72.1 Å². The van der Waals surface area contributed by atoms with Crippen LogP contribution in [0.25, 0.3) is 0 Å². The summed E-state index contributed by atoms with van der Waals surface area (Å²) in [5.74, 6) is 1.75. The molecule has 0 aromatic heterocycles. The largest absolute Gasteiger partial charge is 0.0700 e. The van der Waals surface area contributed by atoms with Crippen molar-refractivity contribution in [2.75, 3.05) is 0 Å². The highest BCUT2D eigenvalue weighted by Crippen LogP contribution is 2.47. The van der Waals surface area contributed by atoms with Crippen LogP contribution in [0.1, 0.15) is 83.3 Å². The Balaban J connectivity index is 1.64. The van der Waals surface area contributed by atoms with E-state index in [0.717, 1.165) is 0 Å². The topological polar surface area (TPSA) is 0 Å². The SMILES string of the molecule is CC[C@@H](c1ccc(C2CCCC3=C2C=CC2=CC(C)=CC23)cc1)C(C)(C)C. The molecule has 0 radical (unpaired) electrons. The third kappa shape index (κ3) is 3.40. The lowest BCUT2D eigenvalue weighted by Crippen LogP contribution is -2.19. The first-order chi connectivity index (χ1) is 12.9. The van der Waals surface area contributed by atoms with E-state index in [1.165, 1.54) is 48.0 Å². The third-order valence-electron chi connectivity index (χ3n) is 6.89. The average molecular weight is 359 g/mol. The second-order valence-electron chi connectivity index (χ2n) is 9.78. The Morgan fingerprint density at radius 3 is 2.48 bits per heavy atom. The van der Waals surface area contributed by atoms with E-state index in [1.807, 2.05) is 0 Å². The minimum Gasteiger partial charge on any atom is -0.0700 e. The first-order valence-corrected chi connectivity index (χ1v) is 10.8. The van der Waals surface area contributed by atoms with E-state index in [2.05, 4.69) is 83.2 Å². The highest BCUT2D eigenvalue weighted by atomic mass is 14.4. The van der Waals surface area contributed by atoms with Gasteiger partial charge in [0.2, 0.25) is 0 Å². The quantitative estimate of drug-likeness (QED) is 0.516. The van der Waals surface area contributed by atoms with E-state index in [4.69, 9.17) is 0 Å². The second kappa shape index (κ2) is 6.97. The molecule has 0 aliphatic heterocycles. The highest BCUT2D eigenvalue weighted by molar-refractivity contribution is 5.56. The summed E-state index contributed by atoms with van der Waals surface area (Å²) >= 11 is 0. The lowest BCUT2D eigenvalue weighted by Gasteiger charge is -2.34. The average Bonchev–Trinajstić information content (AvgIpc) is 3.02. The van der Waals surface area contributed by atoms with Gasteiger partial charge in [-0.05, 0) is 66.2 Å². The maximum Gasteiger partial charge on any atom is 0.0240 e. The molecule has 3 atom stereocenters. The Hall–Kier alpha value is -1.82. The molecule has 0 fully saturated rings.